The Morgan fingerprint density at radius 1 is 1.40 bits per heavy atom. The second kappa shape index (κ2) is 5.58. The van der Waals surface area contributed by atoms with Crippen LogP contribution in [-0.2, 0) is 20.2 Å². The molecule has 0 saturated heterocycles. The minimum Gasteiger partial charge on any atom is -0.473 e. The molecule has 1 fully saturated rings. The summed E-state index contributed by atoms with van der Waals surface area (Å²) in [6, 6.07) is 4.99. The van der Waals surface area contributed by atoms with E-state index in [1.54, 1.807) is 4.68 Å². The van der Waals surface area contributed by atoms with Crippen LogP contribution in [0.1, 0.15) is 33.9 Å². The Morgan fingerprint density at radius 2 is 2.20 bits per heavy atom. The minimum absolute atomic E-state index is 0.616. The van der Waals surface area contributed by atoms with Crippen molar-refractivity contribution in [3.05, 3.63) is 33.1 Å². The van der Waals surface area contributed by atoms with Crippen LogP contribution in [0.3, 0.4) is 0 Å². The molecule has 3 rings (SSSR count). The van der Waals surface area contributed by atoms with Gasteiger partial charge in [-0.15, -0.1) is 11.3 Å². The molecule has 1 saturated carbocycles. The van der Waals surface area contributed by atoms with Gasteiger partial charge in [0.25, 0.3) is 0 Å². The maximum atomic E-state index is 5.86. The van der Waals surface area contributed by atoms with Crippen molar-refractivity contribution in [3.63, 3.8) is 0 Å². The fourth-order valence-corrected chi connectivity index (χ4v) is 3.22. The third kappa shape index (κ3) is 3.22. The predicted octanol–water partition coefficient (Wildman–Crippen LogP) is 2.93. The Balaban J connectivity index is 1.60. The zero-order valence-corrected chi connectivity index (χ0v) is 13.1. The van der Waals surface area contributed by atoms with Crippen LogP contribution in [0.2, 0.25) is 0 Å². The number of hydrogen-bond acceptors (Lipinski definition) is 4. The Hall–Kier alpha value is -1.33. The molecule has 2 aromatic heterocycles. The van der Waals surface area contributed by atoms with Crippen molar-refractivity contribution in [3.8, 4) is 5.88 Å². The molecule has 20 heavy (non-hydrogen) atoms. The second-order valence-electron chi connectivity index (χ2n) is 5.49. The summed E-state index contributed by atoms with van der Waals surface area (Å²) in [5, 5.41) is 7.85. The number of rotatable bonds is 6. The first kappa shape index (κ1) is 13.6. The minimum atomic E-state index is 0.616. The van der Waals surface area contributed by atoms with E-state index in [-0.39, 0.29) is 0 Å². The van der Waals surface area contributed by atoms with E-state index in [0.717, 1.165) is 24.2 Å². The van der Waals surface area contributed by atoms with E-state index in [1.807, 2.05) is 31.4 Å². The SMILES string of the molecule is Cc1cc(OCc2cc(CNC3CC3)sc2C)n(C)n1. The molecule has 0 atom stereocenters. The van der Waals surface area contributed by atoms with Gasteiger partial charge in [-0.05, 0) is 32.8 Å². The Labute approximate surface area is 123 Å². The number of thiophene rings is 1. The molecule has 4 nitrogen and oxygen atoms in total. The molecule has 0 unspecified atom stereocenters. The molecule has 5 heteroatoms. The molecule has 1 N–H and O–H groups in total. The quantitative estimate of drug-likeness (QED) is 0.889. The highest BCUT2D eigenvalue weighted by molar-refractivity contribution is 7.12. The van der Waals surface area contributed by atoms with Gasteiger partial charge < -0.3 is 10.1 Å². The predicted molar refractivity (Wildman–Crippen MR) is 81.2 cm³/mol. The maximum absolute atomic E-state index is 5.86. The summed E-state index contributed by atoms with van der Waals surface area (Å²) in [5.74, 6) is 0.825. The standard InChI is InChI=1S/C15H21N3OS/c1-10-6-15(18(3)17-10)19-9-12-7-14(20-11(12)2)8-16-13-4-5-13/h6-7,13,16H,4-5,8-9H2,1-3H3. The van der Waals surface area contributed by atoms with Crippen LogP contribution >= 0.6 is 11.3 Å². The molecule has 0 spiro atoms. The highest BCUT2D eigenvalue weighted by Gasteiger charge is 2.20. The van der Waals surface area contributed by atoms with E-state index in [2.05, 4.69) is 23.4 Å². The molecule has 108 valence electrons. The molecule has 0 radical (unpaired) electrons. The number of ether oxygens (including phenoxy) is 1. The highest BCUT2D eigenvalue weighted by atomic mass is 32.1. The van der Waals surface area contributed by atoms with Gasteiger partial charge in [0, 0.05) is 41.0 Å². The van der Waals surface area contributed by atoms with E-state index in [9.17, 15) is 0 Å². The molecule has 0 bridgehead atoms. The lowest BCUT2D eigenvalue weighted by atomic mass is 10.2. The zero-order valence-electron chi connectivity index (χ0n) is 12.3. The van der Waals surface area contributed by atoms with Gasteiger partial charge in [-0.3, -0.25) is 0 Å². The summed E-state index contributed by atoms with van der Waals surface area (Å²) in [5.41, 5.74) is 2.26. The molecule has 0 aromatic carbocycles. The average molecular weight is 291 g/mol. The lowest BCUT2D eigenvalue weighted by Gasteiger charge is -2.05. The van der Waals surface area contributed by atoms with Gasteiger partial charge in [-0.1, -0.05) is 0 Å². The first-order chi connectivity index (χ1) is 9.61. The number of aryl methyl sites for hydroxylation is 3. The summed E-state index contributed by atoms with van der Waals surface area (Å²) < 4.78 is 7.65. The average Bonchev–Trinajstić information content (AvgIpc) is 3.08. The van der Waals surface area contributed by atoms with Crippen LogP contribution in [0.25, 0.3) is 0 Å². The van der Waals surface area contributed by atoms with Crippen LogP contribution < -0.4 is 10.1 Å². The van der Waals surface area contributed by atoms with Gasteiger partial charge in [0.05, 0.1) is 5.69 Å². The van der Waals surface area contributed by atoms with Gasteiger partial charge >= 0.3 is 0 Å². The van der Waals surface area contributed by atoms with E-state index < -0.39 is 0 Å². The Kier molecular flexibility index (Phi) is 3.81. The van der Waals surface area contributed by atoms with Crippen LogP contribution in [-0.4, -0.2) is 15.8 Å². The topological polar surface area (TPSA) is 39.1 Å². The third-order valence-corrected chi connectivity index (χ3v) is 4.64. The first-order valence-electron chi connectivity index (χ1n) is 7.07. The van der Waals surface area contributed by atoms with Crippen molar-refractivity contribution in [2.75, 3.05) is 0 Å². The van der Waals surface area contributed by atoms with Crippen LogP contribution in [0.5, 0.6) is 5.88 Å². The van der Waals surface area contributed by atoms with Crippen molar-refractivity contribution in [2.45, 2.75) is 45.9 Å². The zero-order chi connectivity index (χ0) is 14.1. The van der Waals surface area contributed by atoms with Crippen molar-refractivity contribution in [1.82, 2.24) is 15.1 Å². The van der Waals surface area contributed by atoms with Crippen molar-refractivity contribution >= 4 is 11.3 Å². The van der Waals surface area contributed by atoms with E-state index >= 15 is 0 Å². The summed E-state index contributed by atoms with van der Waals surface area (Å²) in [4.78, 5) is 2.74. The smallest absolute Gasteiger partial charge is 0.212 e. The Bertz CT molecular complexity index is 598. The largest absolute Gasteiger partial charge is 0.473 e. The van der Waals surface area contributed by atoms with Crippen LogP contribution in [0, 0.1) is 13.8 Å². The number of nitrogens with zero attached hydrogens (tertiary/aromatic N) is 2. The molecular weight excluding hydrogens is 270 g/mol. The number of hydrogen-bond donors (Lipinski definition) is 1. The van der Waals surface area contributed by atoms with Crippen LogP contribution in [0.4, 0.5) is 0 Å². The van der Waals surface area contributed by atoms with Gasteiger partial charge in [-0.25, -0.2) is 4.68 Å². The molecule has 0 aliphatic heterocycles. The molecule has 1 aliphatic rings. The summed E-state index contributed by atoms with van der Waals surface area (Å²) in [7, 11) is 1.91. The van der Waals surface area contributed by atoms with E-state index in [4.69, 9.17) is 4.74 Å². The van der Waals surface area contributed by atoms with E-state index in [1.165, 1.54) is 28.2 Å². The summed E-state index contributed by atoms with van der Waals surface area (Å²) in [6.45, 7) is 5.74. The fraction of sp³-hybridized carbons (Fsp3) is 0.533. The molecule has 2 aromatic rings. The Morgan fingerprint density at radius 3 is 2.85 bits per heavy atom. The third-order valence-electron chi connectivity index (χ3n) is 3.55. The summed E-state index contributed by atoms with van der Waals surface area (Å²) in [6.07, 6.45) is 2.67. The number of nitrogens with one attached hydrogen (secondary N) is 1. The van der Waals surface area contributed by atoms with Gasteiger partial charge in [0.2, 0.25) is 5.88 Å². The second-order valence-corrected chi connectivity index (χ2v) is 6.83. The van der Waals surface area contributed by atoms with Gasteiger partial charge in [0.1, 0.15) is 6.61 Å². The lowest BCUT2D eigenvalue weighted by Crippen LogP contribution is -2.14. The van der Waals surface area contributed by atoms with Crippen molar-refractivity contribution in [1.29, 1.82) is 0 Å². The highest BCUT2D eigenvalue weighted by Crippen LogP contribution is 2.25. The van der Waals surface area contributed by atoms with Crippen molar-refractivity contribution in [2.24, 2.45) is 7.05 Å². The molecule has 1 aliphatic carbocycles. The monoisotopic (exact) mass is 291 g/mol. The normalized spacial score (nSPS) is 14.8. The van der Waals surface area contributed by atoms with Crippen molar-refractivity contribution < 1.29 is 4.74 Å². The number of aromatic nitrogens is 2. The first-order valence-corrected chi connectivity index (χ1v) is 7.88. The van der Waals surface area contributed by atoms with E-state index in [0.29, 0.717) is 6.61 Å². The lowest BCUT2D eigenvalue weighted by molar-refractivity contribution is 0.278. The molecule has 0 amide bonds. The molecule has 2 heterocycles. The van der Waals surface area contributed by atoms with Gasteiger partial charge in [0.15, 0.2) is 0 Å². The maximum Gasteiger partial charge on any atom is 0.212 e. The molecular formula is C15H21N3OS. The van der Waals surface area contributed by atoms with Gasteiger partial charge in [-0.2, -0.15) is 5.10 Å². The summed E-state index contributed by atoms with van der Waals surface area (Å²) >= 11 is 1.86. The van der Waals surface area contributed by atoms with Crippen LogP contribution in [0.15, 0.2) is 12.1 Å². The fourth-order valence-electron chi connectivity index (χ4n) is 2.22.